The second kappa shape index (κ2) is 5.26. The molecule has 1 aliphatic rings. The van der Waals surface area contributed by atoms with E-state index < -0.39 is 12.1 Å². The van der Waals surface area contributed by atoms with Crippen LogP contribution in [0.15, 0.2) is 35.5 Å². The first-order valence-corrected chi connectivity index (χ1v) is 6.35. The summed E-state index contributed by atoms with van der Waals surface area (Å²) in [6.45, 7) is 3.59. The van der Waals surface area contributed by atoms with Crippen LogP contribution < -0.4 is 5.73 Å². The van der Waals surface area contributed by atoms with E-state index >= 15 is 0 Å². The van der Waals surface area contributed by atoms with Gasteiger partial charge in [0.1, 0.15) is 0 Å². The van der Waals surface area contributed by atoms with Crippen molar-refractivity contribution in [2.24, 2.45) is 5.73 Å². The molecule has 0 aromatic heterocycles. The van der Waals surface area contributed by atoms with Crippen LogP contribution >= 0.6 is 0 Å². The number of ether oxygens (including phenoxy) is 1. The van der Waals surface area contributed by atoms with Gasteiger partial charge >= 0.3 is 5.97 Å². The van der Waals surface area contributed by atoms with Gasteiger partial charge in [-0.2, -0.15) is 0 Å². The van der Waals surface area contributed by atoms with Crippen molar-refractivity contribution in [2.45, 2.75) is 32.8 Å². The predicted molar refractivity (Wildman–Crippen MR) is 71.4 cm³/mol. The maximum Gasteiger partial charge on any atom is 0.339 e. The number of cyclic esters (lactones) is 1. The predicted octanol–water partition coefficient (Wildman–Crippen LogP) is 2.50. The first-order valence-electron chi connectivity index (χ1n) is 6.35. The van der Waals surface area contributed by atoms with E-state index in [1.54, 1.807) is 25.1 Å². The summed E-state index contributed by atoms with van der Waals surface area (Å²) in [6, 6.07) is 7.09. The van der Waals surface area contributed by atoms with Crippen molar-refractivity contribution in [3.8, 4) is 0 Å². The van der Waals surface area contributed by atoms with Gasteiger partial charge in [-0.15, -0.1) is 0 Å². The molecule has 0 aliphatic carbocycles. The molecule has 4 nitrogen and oxygen atoms in total. The zero-order chi connectivity index (χ0) is 14.0. The highest BCUT2D eigenvalue weighted by molar-refractivity contribution is 6.01. The molecule has 0 fully saturated rings. The Labute approximate surface area is 112 Å². The molecule has 1 aromatic rings. The van der Waals surface area contributed by atoms with Crippen LogP contribution in [0.4, 0.5) is 0 Å². The fourth-order valence-corrected chi connectivity index (χ4v) is 2.29. The lowest BCUT2D eigenvalue weighted by molar-refractivity contribution is -0.116. The van der Waals surface area contributed by atoms with Crippen molar-refractivity contribution in [3.05, 3.63) is 46.7 Å². The maximum atomic E-state index is 12.2. The topological polar surface area (TPSA) is 69.4 Å². The quantitative estimate of drug-likeness (QED) is 0.666. The van der Waals surface area contributed by atoms with E-state index in [4.69, 9.17) is 10.5 Å². The Morgan fingerprint density at radius 3 is 2.68 bits per heavy atom. The summed E-state index contributed by atoms with van der Waals surface area (Å²) in [6.07, 6.45) is 0.477. The highest BCUT2D eigenvalue weighted by Gasteiger charge is 2.36. The van der Waals surface area contributed by atoms with Crippen LogP contribution in [0.3, 0.4) is 0 Å². The molecular weight excluding hydrogens is 242 g/mol. The Kier molecular flexibility index (Phi) is 3.69. The molecule has 1 atom stereocenters. The van der Waals surface area contributed by atoms with Gasteiger partial charge < -0.3 is 10.5 Å². The number of allylic oxidation sites excluding steroid dienone is 1. The largest absolute Gasteiger partial charge is 0.449 e. The van der Waals surface area contributed by atoms with Crippen LogP contribution in [0, 0.1) is 0 Å². The molecule has 0 saturated heterocycles. The molecule has 0 amide bonds. The molecule has 0 spiro atoms. The summed E-state index contributed by atoms with van der Waals surface area (Å²) < 4.78 is 5.33. The molecule has 0 bridgehead atoms. The first-order chi connectivity index (χ1) is 9.06. The van der Waals surface area contributed by atoms with Gasteiger partial charge in [0.05, 0.1) is 11.1 Å². The van der Waals surface area contributed by atoms with E-state index in [1.165, 1.54) is 0 Å². The van der Waals surface area contributed by atoms with Gasteiger partial charge in [-0.1, -0.05) is 25.1 Å². The zero-order valence-electron chi connectivity index (χ0n) is 11.1. The number of benzene rings is 1. The lowest BCUT2D eigenvalue weighted by atomic mass is 9.93. The number of carbonyl (C=O) groups is 2. The summed E-state index contributed by atoms with van der Waals surface area (Å²) in [5.41, 5.74) is 7.86. The van der Waals surface area contributed by atoms with E-state index in [9.17, 15) is 9.59 Å². The molecule has 1 aromatic carbocycles. The number of hydrogen-bond donors (Lipinski definition) is 1. The molecule has 1 aliphatic heterocycles. The fourth-order valence-electron chi connectivity index (χ4n) is 2.29. The van der Waals surface area contributed by atoms with Gasteiger partial charge in [0.2, 0.25) is 0 Å². The SMILES string of the molecule is CCCC(=O)/C(=C(/C)N)C1OC(=O)c2ccccc21. The third-order valence-electron chi connectivity index (χ3n) is 3.15. The van der Waals surface area contributed by atoms with Crippen LogP contribution in [0.2, 0.25) is 0 Å². The standard InChI is InChI=1S/C15H17NO3/c1-3-6-12(17)13(9(2)16)14-10-7-4-5-8-11(10)15(18)19-14/h4-5,7-8,14H,3,6,16H2,1-2H3/b13-9+. The molecule has 0 radical (unpaired) electrons. The van der Waals surface area contributed by atoms with Gasteiger partial charge in [-0.05, 0) is 19.4 Å². The average Bonchev–Trinajstić information content (AvgIpc) is 2.68. The fraction of sp³-hybridized carbons (Fsp3) is 0.333. The third-order valence-corrected chi connectivity index (χ3v) is 3.15. The van der Waals surface area contributed by atoms with Crippen molar-refractivity contribution in [2.75, 3.05) is 0 Å². The molecule has 4 heteroatoms. The van der Waals surface area contributed by atoms with Crippen LogP contribution in [-0.4, -0.2) is 11.8 Å². The third kappa shape index (κ3) is 2.38. The smallest absolute Gasteiger partial charge is 0.339 e. The van der Waals surface area contributed by atoms with Gasteiger partial charge in [0, 0.05) is 17.7 Å². The van der Waals surface area contributed by atoms with Crippen LogP contribution in [-0.2, 0) is 9.53 Å². The Bertz CT molecular complexity index is 556. The minimum absolute atomic E-state index is 0.0583. The van der Waals surface area contributed by atoms with E-state index in [1.807, 2.05) is 13.0 Å². The lowest BCUT2D eigenvalue weighted by Gasteiger charge is -2.15. The molecular formula is C15H17NO3. The maximum absolute atomic E-state index is 12.2. The van der Waals surface area contributed by atoms with Crippen molar-refractivity contribution < 1.29 is 14.3 Å². The van der Waals surface area contributed by atoms with Crippen LogP contribution in [0.1, 0.15) is 48.7 Å². The number of hydrogen-bond acceptors (Lipinski definition) is 4. The van der Waals surface area contributed by atoms with Crippen molar-refractivity contribution >= 4 is 11.8 Å². The van der Waals surface area contributed by atoms with Crippen molar-refractivity contribution in [1.29, 1.82) is 0 Å². The molecule has 19 heavy (non-hydrogen) atoms. The average molecular weight is 259 g/mol. The number of rotatable bonds is 4. The molecule has 2 rings (SSSR count). The van der Waals surface area contributed by atoms with Gasteiger partial charge in [-0.25, -0.2) is 4.79 Å². The summed E-state index contributed by atoms with van der Waals surface area (Å²) in [7, 11) is 0. The molecule has 100 valence electrons. The highest BCUT2D eigenvalue weighted by Crippen LogP contribution is 2.37. The molecule has 2 N–H and O–H groups in total. The van der Waals surface area contributed by atoms with Crippen molar-refractivity contribution in [1.82, 2.24) is 0 Å². The Morgan fingerprint density at radius 2 is 2.05 bits per heavy atom. The zero-order valence-corrected chi connectivity index (χ0v) is 11.1. The Morgan fingerprint density at radius 1 is 1.37 bits per heavy atom. The van der Waals surface area contributed by atoms with Gasteiger partial charge in [-0.3, -0.25) is 4.79 Å². The molecule has 1 unspecified atom stereocenters. The summed E-state index contributed by atoms with van der Waals surface area (Å²) in [4.78, 5) is 23.9. The van der Waals surface area contributed by atoms with E-state index in [0.29, 0.717) is 23.3 Å². The second-order valence-electron chi connectivity index (χ2n) is 4.64. The number of nitrogens with two attached hydrogens (primary N) is 1. The minimum Gasteiger partial charge on any atom is -0.449 e. The highest BCUT2D eigenvalue weighted by atomic mass is 16.5. The Balaban J connectivity index is 2.45. The minimum atomic E-state index is -0.659. The van der Waals surface area contributed by atoms with E-state index in [-0.39, 0.29) is 5.78 Å². The summed E-state index contributed by atoms with van der Waals surface area (Å²) in [5, 5.41) is 0. The Hall–Kier alpha value is -2.10. The van der Waals surface area contributed by atoms with Crippen molar-refractivity contribution in [3.63, 3.8) is 0 Å². The number of esters is 1. The first kappa shape index (κ1) is 13.3. The number of Topliss-reactive ketones (excluding diaryl/α,β-unsaturated/α-hetero) is 1. The molecule has 1 heterocycles. The van der Waals surface area contributed by atoms with Crippen LogP contribution in [0.25, 0.3) is 0 Å². The lowest BCUT2D eigenvalue weighted by Crippen LogP contribution is -2.16. The number of carbonyl (C=O) groups excluding carboxylic acids is 2. The van der Waals surface area contributed by atoms with Crippen LogP contribution in [0.5, 0.6) is 0 Å². The summed E-state index contributed by atoms with van der Waals surface area (Å²) in [5.74, 6) is -0.458. The van der Waals surface area contributed by atoms with Gasteiger partial charge in [0.15, 0.2) is 11.9 Å². The number of fused-ring (bicyclic) bond motifs is 1. The van der Waals surface area contributed by atoms with E-state index in [0.717, 1.165) is 12.0 Å². The second-order valence-corrected chi connectivity index (χ2v) is 4.64. The van der Waals surface area contributed by atoms with E-state index in [2.05, 4.69) is 0 Å². The van der Waals surface area contributed by atoms with Gasteiger partial charge in [0.25, 0.3) is 0 Å². The monoisotopic (exact) mass is 259 g/mol. The normalized spacial score (nSPS) is 18.6. The molecule has 0 saturated carbocycles. The number of ketones is 1. The summed E-state index contributed by atoms with van der Waals surface area (Å²) >= 11 is 0.